The standard InChI is InChI=1S/C11H19N3O4/c1-6-3-2-4-7(6)13-11(18)14-8(10(16)17)5-9(12)15/h6-8H,2-5H2,1H3,(H2,12,15)(H,16,17)(H2,13,14,18). The summed E-state index contributed by atoms with van der Waals surface area (Å²) in [6, 6.07) is -1.78. The first-order chi connectivity index (χ1) is 8.40. The van der Waals surface area contributed by atoms with E-state index in [1.54, 1.807) is 0 Å². The zero-order valence-corrected chi connectivity index (χ0v) is 10.3. The fourth-order valence-corrected chi connectivity index (χ4v) is 2.13. The van der Waals surface area contributed by atoms with E-state index in [4.69, 9.17) is 10.8 Å². The zero-order valence-electron chi connectivity index (χ0n) is 10.3. The molecule has 0 aromatic rings. The summed E-state index contributed by atoms with van der Waals surface area (Å²) in [6.45, 7) is 2.04. The molecule has 0 heterocycles. The molecule has 3 unspecified atom stereocenters. The van der Waals surface area contributed by atoms with Crippen molar-refractivity contribution in [3.05, 3.63) is 0 Å². The Morgan fingerprint density at radius 1 is 1.39 bits per heavy atom. The number of amides is 3. The van der Waals surface area contributed by atoms with Gasteiger partial charge in [-0.3, -0.25) is 4.79 Å². The molecule has 0 saturated heterocycles. The molecule has 0 spiro atoms. The molecule has 0 aromatic carbocycles. The monoisotopic (exact) mass is 257 g/mol. The van der Waals surface area contributed by atoms with Crippen LogP contribution < -0.4 is 16.4 Å². The van der Waals surface area contributed by atoms with Crippen LogP contribution in [0.3, 0.4) is 0 Å². The second-order valence-electron chi connectivity index (χ2n) is 4.69. The first kappa shape index (κ1) is 14.3. The molecule has 1 saturated carbocycles. The largest absolute Gasteiger partial charge is 0.480 e. The van der Waals surface area contributed by atoms with Gasteiger partial charge < -0.3 is 21.5 Å². The van der Waals surface area contributed by atoms with Crippen LogP contribution >= 0.6 is 0 Å². The maximum atomic E-state index is 11.6. The summed E-state index contributed by atoms with van der Waals surface area (Å²) in [5.41, 5.74) is 4.92. The predicted molar refractivity (Wildman–Crippen MR) is 63.7 cm³/mol. The van der Waals surface area contributed by atoms with Crippen LogP contribution in [0.25, 0.3) is 0 Å². The lowest BCUT2D eigenvalue weighted by Gasteiger charge is -2.19. The highest BCUT2D eigenvalue weighted by Crippen LogP contribution is 2.24. The summed E-state index contributed by atoms with van der Waals surface area (Å²) >= 11 is 0. The number of carbonyl (C=O) groups excluding carboxylic acids is 2. The Kier molecular flexibility index (Phi) is 4.94. The van der Waals surface area contributed by atoms with E-state index in [0.29, 0.717) is 5.92 Å². The molecule has 0 aromatic heterocycles. The van der Waals surface area contributed by atoms with Crippen LogP contribution in [0.1, 0.15) is 32.6 Å². The fraction of sp³-hybridized carbons (Fsp3) is 0.727. The van der Waals surface area contributed by atoms with Gasteiger partial charge in [0.2, 0.25) is 5.91 Å². The molecular weight excluding hydrogens is 238 g/mol. The number of carboxylic acids is 1. The van der Waals surface area contributed by atoms with Crippen LogP contribution in [-0.2, 0) is 9.59 Å². The highest BCUT2D eigenvalue weighted by atomic mass is 16.4. The van der Waals surface area contributed by atoms with E-state index >= 15 is 0 Å². The van der Waals surface area contributed by atoms with Crippen LogP contribution in [0.2, 0.25) is 0 Å². The molecule has 1 aliphatic rings. The predicted octanol–water partition coefficient (Wildman–Crippen LogP) is -0.197. The lowest BCUT2D eigenvalue weighted by molar-refractivity contribution is -0.140. The van der Waals surface area contributed by atoms with Gasteiger partial charge in [0.05, 0.1) is 6.42 Å². The molecule has 1 aliphatic carbocycles. The van der Waals surface area contributed by atoms with Crippen molar-refractivity contribution in [2.24, 2.45) is 11.7 Å². The maximum absolute atomic E-state index is 11.6. The fourth-order valence-electron chi connectivity index (χ4n) is 2.13. The highest BCUT2D eigenvalue weighted by molar-refractivity contribution is 5.87. The van der Waals surface area contributed by atoms with Crippen molar-refractivity contribution >= 4 is 17.9 Å². The number of rotatable bonds is 5. The number of nitrogens with one attached hydrogen (secondary N) is 2. The van der Waals surface area contributed by atoms with E-state index in [1.807, 2.05) is 6.92 Å². The lowest BCUT2D eigenvalue weighted by atomic mass is 10.1. The Hall–Kier alpha value is -1.79. The minimum Gasteiger partial charge on any atom is -0.480 e. The minimum atomic E-state index is -1.28. The Morgan fingerprint density at radius 3 is 2.50 bits per heavy atom. The smallest absolute Gasteiger partial charge is 0.326 e. The topological polar surface area (TPSA) is 122 Å². The van der Waals surface area contributed by atoms with Gasteiger partial charge in [-0.15, -0.1) is 0 Å². The normalized spacial score (nSPS) is 24.3. The van der Waals surface area contributed by atoms with Crippen LogP contribution in [0.15, 0.2) is 0 Å². The van der Waals surface area contributed by atoms with Gasteiger partial charge in [0.25, 0.3) is 0 Å². The van der Waals surface area contributed by atoms with Gasteiger partial charge in [0, 0.05) is 6.04 Å². The van der Waals surface area contributed by atoms with Gasteiger partial charge >= 0.3 is 12.0 Å². The molecule has 102 valence electrons. The van der Waals surface area contributed by atoms with Crippen molar-refractivity contribution < 1.29 is 19.5 Å². The van der Waals surface area contributed by atoms with E-state index in [9.17, 15) is 14.4 Å². The number of carbonyl (C=O) groups is 3. The Morgan fingerprint density at radius 2 is 2.06 bits per heavy atom. The molecular formula is C11H19N3O4. The van der Waals surface area contributed by atoms with Gasteiger partial charge in [-0.05, 0) is 18.8 Å². The molecule has 3 amide bonds. The zero-order chi connectivity index (χ0) is 13.7. The number of nitrogens with two attached hydrogens (primary N) is 1. The third-order valence-corrected chi connectivity index (χ3v) is 3.19. The van der Waals surface area contributed by atoms with Gasteiger partial charge in [0.15, 0.2) is 0 Å². The Bertz CT molecular complexity index is 345. The van der Waals surface area contributed by atoms with Crippen molar-refractivity contribution in [3.8, 4) is 0 Å². The van der Waals surface area contributed by atoms with Crippen LogP contribution in [0, 0.1) is 5.92 Å². The molecule has 0 bridgehead atoms. The molecule has 5 N–H and O–H groups in total. The SMILES string of the molecule is CC1CCCC1NC(=O)NC(CC(N)=O)C(=O)O. The van der Waals surface area contributed by atoms with Crippen molar-refractivity contribution in [3.63, 3.8) is 0 Å². The van der Waals surface area contributed by atoms with Crippen LogP contribution in [-0.4, -0.2) is 35.1 Å². The summed E-state index contributed by atoms with van der Waals surface area (Å²) in [5.74, 6) is -1.66. The molecule has 18 heavy (non-hydrogen) atoms. The van der Waals surface area contributed by atoms with Crippen molar-refractivity contribution in [1.82, 2.24) is 10.6 Å². The van der Waals surface area contributed by atoms with Gasteiger partial charge in [-0.1, -0.05) is 13.3 Å². The molecule has 7 heteroatoms. The third kappa shape index (κ3) is 4.23. The second-order valence-corrected chi connectivity index (χ2v) is 4.69. The third-order valence-electron chi connectivity index (χ3n) is 3.19. The number of hydrogen-bond acceptors (Lipinski definition) is 3. The number of hydrogen-bond donors (Lipinski definition) is 4. The number of urea groups is 1. The summed E-state index contributed by atoms with van der Waals surface area (Å²) < 4.78 is 0. The molecule has 0 aliphatic heterocycles. The molecule has 3 atom stereocenters. The number of primary amides is 1. The van der Waals surface area contributed by atoms with Crippen LogP contribution in [0.5, 0.6) is 0 Å². The maximum Gasteiger partial charge on any atom is 0.326 e. The minimum absolute atomic E-state index is 0.0630. The summed E-state index contributed by atoms with van der Waals surface area (Å²) in [7, 11) is 0. The highest BCUT2D eigenvalue weighted by Gasteiger charge is 2.27. The van der Waals surface area contributed by atoms with Gasteiger partial charge in [-0.25, -0.2) is 9.59 Å². The summed E-state index contributed by atoms with van der Waals surface area (Å²) in [5, 5.41) is 13.8. The van der Waals surface area contributed by atoms with Crippen molar-refractivity contribution in [1.29, 1.82) is 0 Å². The Labute approximate surface area is 105 Å². The number of carboxylic acid groups (broad SMARTS) is 1. The first-order valence-electron chi connectivity index (χ1n) is 5.98. The van der Waals surface area contributed by atoms with Crippen LogP contribution in [0.4, 0.5) is 4.79 Å². The van der Waals surface area contributed by atoms with E-state index in [1.165, 1.54) is 0 Å². The quantitative estimate of drug-likeness (QED) is 0.545. The Balaban J connectivity index is 2.45. The summed E-state index contributed by atoms with van der Waals surface area (Å²) in [4.78, 5) is 33.1. The molecule has 1 fully saturated rings. The second kappa shape index (κ2) is 6.23. The molecule has 7 nitrogen and oxygen atoms in total. The van der Waals surface area contributed by atoms with E-state index in [-0.39, 0.29) is 6.04 Å². The first-order valence-corrected chi connectivity index (χ1v) is 5.98. The van der Waals surface area contributed by atoms with Crippen molar-refractivity contribution in [2.75, 3.05) is 0 Å². The molecule has 0 radical (unpaired) electrons. The van der Waals surface area contributed by atoms with Gasteiger partial charge in [0.1, 0.15) is 6.04 Å². The lowest BCUT2D eigenvalue weighted by Crippen LogP contribution is -2.50. The van der Waals surface area contributed by atoms with E-state index < -0.39 is 30.4 Å². The number of aliphatic carboxylic acids is 1. The average molecular weight is 257 g/mol. The molecule has 1 rings (SSSR count). The van der Waals surface area contributed by atoms with E-state index in [2.05, 4.69) is 10.6 Å². The van der Waals surface area contributed by atoms with E-state index in [0.717, 1.165) is 19.3 Å². The van der Waals surface area contributed by atoms with Gasteiger partial charge in [-0.2, -0.15) is 0 Å². The van der Waals surface area contributed by atoms with Crippen molar-refractivity contribution in [2.45, 2.75) is 44.7 Å². The summed E-state index contributed by atoms with van der Waals surface area (Å²) in [6.07, 6.45) is 2.58. The average Bonchev–Trinajstić information content (AvgIpc) is 2.62.